The number of esters is 1. The fraction of sp³-hybridized carbons (Fsp3) is 0.688. The van der Waals surface area contributed by atoms with Gasteiger partial charge in [-0.3, -0.25) is 0 Å². The number of carbonyl (C=O) groups is 1. The fourth-order valence-electron chi connectivity index (χ4n) is 2.32. The van der Waals surface area contributed by atoms with Crippen LogP contribution in [-0.4, -0.2) is 48.8 Å². The molecule has 0 N–H and O–H groups in total. The molecule has 2 rings (SSSR count). The van der Waals surface area contributed by atoms with Crippen molar-refractivity contribution in [2.75, 3.05) is 31.7 Å². The van der Waals surface area contributed by atoms with E-state index < -0.39 is 6.10 Å². The highest BCUT2D eigenvalue weighted by molar-refractivity contribution is 5.75. The SMILES string of the molecule is COC(=O)C1CN(c2cc(C(C)C)nc(C(C)C)n2)CCO1. The fourth-order valence-corrected chi connectivity index (χ4v) is 2.32. The molecule has 1 unspecified atom stereocenters. The van der Waals surface area contributed by atoms with Crippen LogP contribution in [0.2, 0.25) is 0 Å². The summed E-state index contributed by atoms with van der Waals surface area (Å²) in [5.74, 6) is 1.94. The molecular weight excluding hydrogens is 282 g/mol. The van der Waals surface area contributed by atoms with E-state index in [0.29, 0.717) is 25.6 Å². The van der Waals surface area contributed by atoms with Gasteiger partial charge in [0.2, 0.25) is 0 Å². The van der Waals surface area contributed by atoms with Gasteiger partial charge in [0.15, 0.2) is 6.10 Å². The van der Waals surface area contributed by atoms with E-state index >= 15 is 0 Å². The van der Waals surface area contributed by atoms with Crippen molar-refractivity contribution in [3.63, 3.8) is 0 Å². The third-order valence-electron chi connectivity index (χ3n) is 3.71. The summed E-state index contributed by atoms with van der Waals surface area (Å²) in [5, 5.41) is 0. The standard InChI is InChI=1S/C16H25N3O3/c1-10(2)12-8-14(18-15(17-12)11(3)4)19-6-7-22-13(9-19)16(20)21-5/h8,10-11,13H,6-7,9H2,1-5H3. The molecule has 1 aliphatic heterocycles. The van der Waals surface area contributed by atoms with Crippen LogP contribution in [0.25, 0.3) is 0 Å². The van der Waals surface area contributed by atoms with E-state index in [9.17, 15) is 4.79 Å². The smallest absolute Gasteiger partial charge is 0.336 e. The number of carbonyl (C=O) groups excluding carboxylic acids is 1. The molecule has 6 nitrogen and oxygen atoms in total. The summed E-state index contributed by atoms with van der Waals surface area (Å²) in [4.78, 5) is 23.1. The van der Waals surface area contributed by atoms with Crippen LogP contribution in [0.15, 0.2) is 6.07 Å². The van der Waals surface area contributed by atoms with Gasteiger partial charge < -0.3 is 14.4 Å². The van der Waals surface area contributed by atoms with Crippen LogP contribution in [0.3, 0.4) is 0 Å². The lowest BCUT2D eigenvalue weighted by molar-refractivity contribution is -0.154. The molecule has 1 saturated heterocycles. The molecule has 122 valence electrons. The van der Waals surface area contributed by atoms with Crippen molar-refractivity contribution in [3.8, 4) is 0 Å². The lowest BCUT2D eigenvalue weighted by atomic mass is 10.1. The van der Waals surface area contributed by atoms with Gasteiger partial charge in [0, 0.05) is 24.2 Å². The zero-order valence-corrected chi connectivity index (χ0v) is 14.0. The van der Waals surface area contributed by atoms with Gasteiger partial charge in [-0.15, -0.1) is 0 Å². The minimum atomic E-state index is -0.557. The van der Waals surface area contributed by atoms with Crippen LogP contribution >= 0.6 is 0 Å². The molecule has 1 fully saturated rings. The van der Waals surface area contributed by atoms with Gasteiger partial charge in [0.1, 0.15) is 11.6 Å². The molecule has 1 aromatic heterocycles. The Kier molecular flexibility index (Phi) is 5.34. The van der Waals surface area contributed by atoms with Gasteiger partial charge in [-0.05, 0) is 5.92 Å². The second-order valence-corrected chi connectivity index (χ2v) is 6.15. The molecule has 0 saturated carbocycles. The molecule has 0 aliphatic carbocycles. The van der Waals surface area contributed by atoms with Crippen molar-refractivity contribution in [2.24, 2.45) is 0 Å². The number of ether oxygens (including phenoxy) is 2. The highest BCUT2D eigenvalue weighted by Crippen LogP contribution is 2.23. The number of hydrogen-bond acceptors (Lipinski definition) is 6. The molecule has 1 aromatic rings. The second kappa shape index (κ2) is 7.05. The van der Waals surface area contributed by atoms with Crippen LogP contribution in [0.1, 0.15) is 51.0 Å². The summed E-state index contributed by atoms with van der Waals surface area (Å²) in [5.41, 5.74) is 1.02. The molecule has 1 aliphatic rings. The van der Waals surface area contributed by atoms with Gasteiger partial charge in [0.25, 0.3) is 0 Å². The Labute approximate surface area is 131 Å². The Balaban J connectivity index is 2.28. The van der Waals surface area contributed by atoms with Crippen molar-refractivity contribution in [3.05, 3.63) is 17.6 Å². The normalized spacial score (nSPS) is 18.9. The van der Waals surface area contributed by atoms with Crippen LogP contribution in [0.5, 0.6) is 0 Å². The van der Waals surface area contributed by atoms with Gasteiger partial charge in [-0.1, -0.05) is 27.7 Å². The first-order valence-corrected chi connectivity index (χ1v) is 7.75. The number of anilines is 1. The number of methoxy groups -OCH3 is 1. The van der Waals surface area contributed by atoms with Crippen molar-refractivity contribution < 1.29 is 14.3 Å². The Morgan fingerprint density at radius 1 is 1.32 bits per heavy atom. The topological polar surface area (TPSA) is 64.5 Å². The van der Waals surface area contributed by atoms with Crippen LogP contribution in [0, 0.1) is 0 Å². The average molecular weight is 307 g/mol. The highest BCUT2D eigenvalue weighted by Gasteiger charge is 2.28. The summed E-state index contributed by atoms with van der Waals surface area (Å²) in [6.45, 7) is 10.1. The van der Waals surface area contributed by atoms with Crippen molar-refractivity contribution >= 4 is 11.8 Å². The van der Waals surface area contributed by atoms with E-state index in [0.717, 1.165) is 17.3 Å². The first-order valence-electron chi connectivity index (χ1n) is 7.75. The van der Waals surface area contributed by atoms with Crippen molar-refractivity contribution in [2.45, 2.75) is 45.6 Å². The summed E-state index contributed by atoms with van der Waals surface area (Å²) in [6, 6.07) is 2.01. The van der Waals surface area contributed by atoms with E-state index in [-0.39, 0.29) is 11.9 Å². The number of rotatable bonds is 4. The molecule has 22 heavy (non-hydrogen) atoms. The van der Waals surface area contributed by atoms with E-state index in [4.69, 9.17) is 9.47 Å². The van der Waals surface area contributed by atoms with Crippen LogP contribution < -0.4 is 4.90 Å². The number of nitrogens with zero attached hydrogens (tertiary/aromatic N) is 3. The summed E-state index contributed by atoms with van der Waals surface area (Å²) in [6.07, 6.45) is -0.557. The molecule has 2 heterocycles. The lowest BCUT2D eigenvalue weighted by Gasteiger charge is -2.32. The predicted octanol–water partition coefficient (Wildman–Crippen LogP) is 2.10. The quantitative estimate of drug-likeness (QED) is 0.794. The number of aromatic nitrogens is 2. The molecule has 0 bridgehead atoms. The van der Waals surface area contributed by atoms with E-state index in [2.05, 4.69) is 42.6 Å². The molecule has 1 atom stereocenters. The average Bonchev–Trinajstić information content (AvgIpc) is 2.53. The zero-order valence-electron chi connectivity index (χ0n) is 14.0. The lowest BCUT2D eigenvalue weighted by Crippen LogP contribution is -2.47. The van der Waals surface area contributed by atoms with Gasteiger partial charge >= 0.3 is 5.97 Å². The Morgan fingerprint density at radius 2 is 2.05 bits per heavy atom. The zero-order chi connectivity index (χ0) is 16.3. The summed E-state index contributed by atoms with van der Waals surface area (Å²) >= 11 is 0. The third kappa shape index (κ3) is 3.74. The van der Waals surface area contributed by atoms with E-state index in [1.54, 1.807) is 0 Å². The maximum Gasteiger partial charge on any atom is 0.336 e. The summed E-state index contributed by atoms with van der Waals surface area (Å²) < 4.78 is 10.3. The summed E-state index contributed by atoms with van der Waals surface area (Å²) in [7, 11) is 1.38. The highest BCUT2D eigenvalue weighted by atomic mass is 16.6. The Bertz CT molecular complexity index is 505. The molecule has 0 spiro atoms. The molecule has 0 aromatic carbocycles. The van der Waals surface area contributed by atoms with Crippen LogP contribution in [-0.2, 0) is 14.3 Å². The van der Waals surface area contributed by atoms with Gasteiger partial charge in [-0.25, -0.2) is 14.8 Å². The van der Waals surface area contributed by atoms with Gasteiger partial charge in [-0.2, -0.15) is 0 Å². The molecule has 0 radical (unpaired) electrons. The molecule has 6 heteroatoms. The van der Waals surface area contributed by atoms with Crippen LogP contribution in [0.4, 0.5) is 5.82 Å². The third-order valence-corrected chi connectivity index (χ3v) is 3.71. The van der Waals surface area contributed by atoms with Crippen molar-refractivity contribution in [1.82, 2.24) is 9.97 Å². The minimum absolute atomic E-state index is 0.259. The largest absolute Gasteiger partial charge is 0.467 e. The maximum atomic E-state index is 11.7. The monoisotopic (exact) mass is 307 g/mol. The Morgan fingerprint density at radius 3 is 2.64 bits per heavy atom. The first kappa shape index (κ1) is 16.7. The number of morpholine rings is 1. The van der Waals surface area contributed by atoms with Gasteiger partial charge in [0.05, 0.1) is 20.3 Å². The predicted molar refractivity (Wildman–Crippen MR) is 84.2 cm³/mol. The minimum Gasteiger partial charge on any atom is -0.467 e. The van der Waals surface area contributed by atoms with Crippen molar-refractivity contribution in [1.29, 1.82) is 0 Å². The first-order chi connectivity index (χ1) is 10.4. The number of hydrogen-bond donors (Lipinski definition) is 0. The Hall–Kier alpha value is -1.69. The maximum absolute atomic E-state index is 11.7. The van der Waals surface area contributed by atoms with E-state index in [1.165, 1.54) is 7.11 Å². The molecular formula is C16H25N3O3. The second-order valence-electron chi connectivity index (χ2n) is 6.15. The molecule has 0 amide bonds. The van der Waals surface area contributed by atoms with E-state index in [1.807, 2.05) is 6.07 Å².